The van der Waals surface area contributed by atoms with Gasteiger partial charge in [0.15, 0.2) is 0 Å². The third kappa shape index (κ3) is 3.26. The average Bonchev–Trinajstić information content (AvgIpc) is 3.18. The third-order valence-corrected chi connectivity index (χ3v) is 3.94. The van der Waals surface area contributed by atoms with Crippen LogP contribution in [0.5, 0.6) is 0 Å². The highest BCUT2D eigenvalue weighted by Gasteiger charge is 2.30. The first-order valence-corrected chi connectivity index (χ1v) is 7.28. The van der Waals surface area contributed by atoms with Crippen LogP contribution in [0.2, 0.25) is 0 Å². The molecule has 1 saturated carbocycles. The van der Waals surface area contributed by atoms with E-state index in [2.05, 4.69) is 34.6 Å². The first kappa shape index (κ1) is 13.3. The Labute approximate surface area is 119 Å². The lowest BCUT2D eigenvalue weighted by Crippen LogP contribution is -2.31. The van der Waals surface area contributed by atoms with Crippen LogP contribution in [-0.2, 0) is 6.54 Å². The van der Waals surface area contributed by atoms with Crippen molar-refractivity contribution in [2.24, 2.45) is 5.92 Å². The minimum absolute atomic E-state index is 0.272. The fraction of sp³-hybridized carbons (Fsp3) is 0.438. The number of hydrogen-bond acceptors (Lipinski definition) is 3. The van der Waals surface area contributed by atoms with Gasteiger partial charge in [-0.15, -0.1) is 0 Å². The maximum Gasteiger partial charge on any atom is 0.0991 e. The van der Waals surface area contributed by atoms with Crippen molar-refractivity contribution in [3.05, 3.63) is 48.5 Å². The van der Waals surface area contributed by atoms with Gasteiger partial charge in [0.2, 0.25) is 0 Å². The molecule has 1 aromatic carbocycles. The van der Waals surface area contributed by atoms with E-state index in [-0.39, 0.29) is 6.61 Å². The summed E-state index contributed by atoms with van der Waals surface area (Å²) < 4.78 is 2.00. The lowest BCUT2D eigenvalue weighted by molar-refractivity contribution is 0.256. The van der Waals surface area contributed by atoms with Crippen LogP contribution < -0.4 is 5.32 Å². The Morgan fingerprint density at radius 3 is 2.70 bits per heavy atom. The van der Waals surface area contributed by atoms with Gasteiger partial charge < -0.3 is 15.0 Å². The maximum atomic E-state index is 9.10. The van der Waals surface area contributed by atoms with Gasteiger partial charge in [-0.1, -0.05) is 12.1 Å². The Hall–Kier alpha value is -1.65. The Bertz CT molecular complexity index is 517. The van der Waals surface area contributed by atoms with Crippen molar-refractivity contribution in [1.29, 1.82) is 0 Å². The van der Waals surface area contributed by atoms with E-state index in [1.165, 1.54) is 18.4 Å². The minimum Gasteiger partial charge on any atom is -0.396 e. The average molecular weight is 271 g/mol. The van der Waals surface area contributed by atoms with Crippen molar-refractivity contribution >= 4 is 0 Å². The van der Waals surface area contributed by atoms with E-state index in [1.807, 2.05) is 10.8 Å². The van der Waals surface area contributed by atoms with Gasteiger partial charge in [-0.2, -0.15) is 0 Å². The minimum atomic E-state index is 0.272. The summed E-state index contributed by atoms with van der Waals surface area (Å²) in [4.78, 5) is 4.05. The van der Waals surface area contributed by atoms with Gasteiger partial charge in [0.1, 0.15) is 0 Å². The summed E-state index contributed by atoms with van der Waals surface area (Å²) in [6, 6.07) is 8.97. The smallest absolute Gasteiger partial charge is 0.0991 e. The number of hydrogen-bond donors (Lipinski definition) is 2. The van der Waals surface area contributed by atoms with E-state index in [0.29, 0.717) is 6.04 Å². The van der Waals surface area contributed by atoms with E-state index in [9.17, 15) is 0 Å². The van der Waals surface area contributed by atoms with Gasteiger partial charge in [-0.25, -0.2) is 4.98 Å². The monoisotopic (exact) mass is 271 g/mol. The van der Waals surface area contributed by atoms with Gasteiger partial charge in [0.25, 0.3) is 0 Å². The number of benzene rings is 1. The van der Waals surface area contributed by atoms with E-state index >= 15 is 0 Å². The number of nitrogens with zero attached hydrogens (tertiary/aromatic N) is 2. The van der Waals surface area contributed by atoms with E-state index in [0.717, 1.165) is 24.6 Å². The molecule has 1 aliphatic carbocycles. The molecular formula is C16H21N3O. The van der Waals surface area contributed by atoms with Gasteiger partial charge in [-0.05, 0) is 42.9 Å². The molecule has 3 rings (SSSR count). The fourth-order valence-electron chi connectivity index (χ4n) is 2.59. The SMILES string of the molecule is OCCC(NCc1ccc(-n2ccnc2)cc1)C1CC1. The number of rotatable bonds is 7. The normalized spacial score (nSPS) is 16.2. The molecule has 4 heteroatoms. The topological polar surface area (TPSA) is 50.1 Å². The summed E-state index contributed by atoms with van der Waals surface area (Å²) in [5.74, 6) is 0.771. The number of nitrogens with one attached hydrogen (secondary N) is 1. The predicted molar refractivity (Wildman–Crippen MR) is 78.6 cm³/mol. The molecule has 1 atom stereocenters. The van der Waals surface area contributed by atoms with Crippen molar-refractivity contribution in [1.82, 2.24) is 14.9 Å². The first-order chi connectivity index (χ1) is 9.86. The van der Waals surface area contributed by atoms with Gasteiger partial charge >= 0.3 is 0 Å². The molecule has 4 nitrogen and oxygen atoms in total. The molecule has 0 aliphatic heterocycles. The zero-order valence-electron chi connectivity index (χ0n) is 11.6. The summed E-state index contributed by atoms with van der Waals surface area (Å²) in [7, 11) is 0. The van der Waals surface area contributed by atoms with Crippen LogP contribution in [0.4, 0.5) is 0 Å². The quantitative estimate of drug-likeness (QED) is 0.811. The summed E-state index contributed by atoms with van der Waals surface area (Å²) in [6.07, 6.45) is 8.99. The molecule has 2 N–H and O–H groups in total. The summed E-state index contributed by atoms with van der Waals surface area (Å²) in [6.45, 7) is 1.14. The zero-order valence-corrected chi connectivity index (χ0v) is 11.6. The van der Waals surface area contributed by atoms with Crippen molar-refractivity contribution in [3.8, 4) is 5.69 Å². The number of imidazole rings is 1. The van der Waals surface area contributed by atoms with Crippen molar-refractivity contribution in [3.63, 3.8) is 0 Å². The molecule has 20 heavy (non-hydrogen) atoms. The first-order valence-electron chi connectivity index (χ1n) is 7.28. The fourth-order valence-corrected chi connectivity index (χ4v) is 2.59. The highest BCUT2D eigenvalue weighted by atomic mass is 16.3. The maximum absolute atomic E-state index is 9.10. The molecule has 0 spiro atoms. The lowest BCUT2D eigenvalue weighted by Gasteiger charge is -2.17. The Kier molecular flexibility index (Phi) is 4.14. The van der Waals surface area contributed by atoms with Crippen LogP contribution in [0.1, 0.15) is 24.8 Å². The number of aliphatic hydroxyl groups excluding tert-OH is 1. The zero-order chi connectivity index (χ0) is 13.8. The molecule has 1 heterocycles. The molecule has 0 bridgehead atoms. The molecule has 0 radical (unpaired) electrons. The second kappa shape index (κ2) is 6.20. The second-order valence-electron chi connectivity index (χ2n) is 5.47. The predicted octanol–water partition coefficient (Wildman–Crippen LogP) is 2.12. The van der Waals surface area contributed by atoms with Crippen LogP contribution in [0.15, 0.2) is 43.0 Å². The number of aromatic nitrogens is 2. The van der Waals surface area contributed by atoms with Gasteiger partial charge in [0, 0.05) is 37.3 Å². The molecule has 106 valence electrons. The molecular weight excluding hydrogens is 250 g/mol. The Morgan fingerprint density at radius 2 is 2.10 bits per heavy atom. The van der Waals surface area contributed by atoms with Crippen molar-refractivity contribution < 1.29 is 5.11 Å². The molecule has 1 fully saturated rings. The molecule has 1 aromatic heterocycles. The van der Waals surface area contributed by atoms with Gasteiger partial charge in [0.05, 0.1) is 6.33 Å². The van der Waals surface area contributed by atoms with Crippen LogP contribution in [0.25, 0.3) is 5.69 Å². The molecule has 2 aromatic rings. The Morgan fingerprint density at radius 1 is 1.30 bits per heavy atom. The highest BCUT2D eigenvalue weighted by molar-refractivity contribution is 5.34. The second-order valence-corrected chi connectivity index (χ2v) is 5.47. The molecule has 1 aliphatic rings. The lowest BCUT2D eigenvalue weighted by atomic mass is 10.1. The van der Waals surface area contributed by atoms with E-state index in [1.54, 1.807) is 12.5 Å². The summed E-state index contributed by atoms with van der Waals surface area (Å²) in [5.41, 5.74) is 2.40. The van der Waals surface area contributed by atoms with E-state index < -0.39 is 0 Å². The van der Waals surface area contributed by atoms with Crippen LogP contribution in [-0.4, -0.2) is 27.3 Å². The van der Waals surface area contributed by atoms with E-state index in [4.69, 9.17) is 5.11 Å². The standard InChI is InChI=1S/C16H21N3O/c20-10-7-16(14-3-4-14)18-11-13-1-5-15(6-2-13)19-9-8-17-12-19/h1-2,5-6,8-9,12,14,16,18,20H,3-4,7,10-11H2. The Balaban J connectivity index is 1.57. The van der Waals surface area contributed by atoms with Crippen LogP contribution in [0, 0.1) is 5.92 Å². The van der Waals surface area contributed by atoms with Crippen molar-refractivity contribution in [2.45, 2.75) is 31.8 Å². The summed E-state index contributed by atoms with van der Waals surface area (Å²) >= 11 is 0. The largest absolute Gasteiger partial charge is 0.396 e. The number of aliphatic hydroxyl groups is 1. The van der Waals surface area contributed by atoms with Gasteiger partial charge in [-0.3, -0.25) is 0 Å². The third-order valence-electron chi connectivity index (χ3n) is 3.94. The molecule has 0 amide bonds. The van der Waals surface area contributed by atoms with Crippen molar-refractivity contribution in [2.75, 3.05) is 6.61 Å². The summed E-state index contributed by atoms with van der Waals surface area (Å²) in [5, 5.41) is 12.7. The highest BCUT2D eigenvalue weighted by Crippen LogP contribution is 2.34. The van der Waals surface area contributed by atoms with Crippen LogP contribution in [0.3, 0.4) is 0 Å². The molecule has 0 saturated heterocycles. The molecule has 1 unspecified atom stereocenters. The van der Waals surface area contributed by atoms with Crippen LogP contribution >= 0.6 is 0 Å².